The Kier molecular flexibility index (Phi) is 6.36. The molecule has 0 fully saturated rings. The normalized spacial score (nSPS) is 10.7. The van der Waals surface area contributed by atoms with Gasteiger partial charge < -0.3 is 14.6 Å². The summed E-state index contributed by atoms with van der Waals surface area (Å²) >= 11 is 1.21. The molecular formula is C13H15N3O4S. The number of carbonyl (C=O) groups excluding carboxylic acids is 1. The zero-order valence-corrected chi connectivity index (χ0v) is 12.7. The van der Waals surface area contributed by atoms with E-state index in [-0.39, 0.29) is 23.6 Å². The molecule has 0 aliphatic heterocycles. The fourth-order valence-electron chi connectivity index (χ4n) is 1.51. The number of ether oxygens (including phenoxy) is 2. The molecule has 0 heterocycles. The molecule has 7 nitrogen and oxygen atoms in total. The van der Waals surface area contributed by atoms with Crippen LogP contribution in [0.4, 0.5) is 5.69 Å². The minimum Gasteiger partial charge on any atom is -0.503 e. The molecule has 1 rings (SSSR count). The highest BCUT2D eigenvalue weighted by atomic mass is 32.2. The molecule has 1 aromatic rings. The number of phenols is 1. The van der Waals surface area contributed by atoms with Crippen LogP contribution in [0.2, 0.25) is 0 Å². The molecule has 0 atom stereocenters. The third-order valence-corrected chi connectivity index (χ3v) is 3.07. The van der Waals surface area contributed by atoms with Gasteiger partial charge in [-0.3, -0.25) is 10.1 Å². The Balaban J connectivity index is 3.26. The smallest absolute Gasteiger partial charge is 0.309 e. The number of aromatic hydroxyl groups is 1. The third kappa shape index (κ3) is 4.57. The van der Waals surface area contributed by atoms with E-state index in [0.29, 0.717) is 10.7 Å². The third-order valence-electron chi connectivity index (χ3n) is 2.49. The topological polar surface area (TPSA) is 104 Å². The Bertz CT molecular complexity index is 596. The molecule has 2 N–H and O–H groups in total. The molecule has 0 spiro atoms. The molecule has 0 saturated heterocycles. The van der Waals surface area contributed by atoms with Gasteiger partial charge in [0, 0.05) is 0 Å². The number of amidine groups is 1. The lowest BCUT2D eigenvalue weighted by Crippen LogP contribution is -2.12. The van der Waals surface area contributed by atoms with Crippen LogP contribution in [0.25, 0.3) is 0 Å². The van der Waals surface area contributed by atoms with Gasteiger partial charge in [-0.15, -0.1) is 0 Å². The van der Waals surface area contributed by atoms with Gasteiger partial charge in [-0.25, -0.2) is 4.99 Å². The molecule has 0 aliphatic carbocycles. The number of aliphatic imine (C=N–C) groups is 1. The highest BCUT2D eigenvalue weighted by Crippen LogP contribution is 2.38. The quantitative estimate of drug-likeness (QED) is 0.286. The van der Waals surface area contributed by atoms with Crippen LogP contribution in [0, 0.1) is 11.5 Å². The van der Waals surface area contributed by atoms with Crippen molar-refractivity contribution >= 4 is 28.6 Å². The number of rotatable bonds is 4. The molecule has 0 bridgehead atoms. The van der Waals surface area contributed by atoms with Crippen LogP contribution in [0.1, 0.15) is 5.56 Å². The van der Waals surface area contributed by atoms with Crippen LogP contribution in [0.15, 0.2) is 17.1 Å². The lowest BCUT2D eigenvalue weighted by Gasteiger charge is -2.10. The maximum atomic E-state index is 11.3. The first-order valence-corrected chi connectivity index (χ1v) is 7.02. The number of nitriles is 1. The number of benzene rings is 1. The molecule has 1 aromatic carbocycles. The molecule has 0 radical (unpaired) electrons. The van der Waals surface area contributed by atoms with Gasteiger partial charge in [0.15, 0.2) is 22.9 Å². The largest absolute Gasteiger partial charge is 0.503 e. The van der Waals surface area contributed by atoms with Gasteiger partial charge in [-0.1, -0.05) is 11.8 Å². The van der Waals surface area contributed by atoms with Crippen LogP contribution in [-0.4, -0.2) is 36.7 Å². The Morgan fingerprint density at radius 2 is 2.24 bits per heavy atom. The van der Waals surface area contributed by atoms with Crippen molar-refractivity contribution in [1.82, 2.24) is 5.32 Å². The van der Waals surface area contributed by atoms with Gasteiger partial charge in [-0.05, 0) is 24.0 Å². The lowest BCUT2D eigenvalue weighted by atomic mass is 10.1. The maximum absolute atomic E-state index is 11.3. The number of hydrogen-bond acceptors (Lipinski definition) is 7. The average Bonchev–Trinajstić information content (AvgIpc) is 2.49. The average molecular weight is 309 g/mol. The van der Waals surface area contributed by atoms with E-state index in [1.165, 1.54) is 38.1 Å². The van der Waals surface area contributed by atoms with E-state index in [4.69, 9.17) is 10.00 Å². The number of nitrogens with one attached hydrogen (secondary N) is 1. The minimum atomic E-state index is -0.419. The summed E-state index contributed by atoms with van der Waals surface area (Å²) in [4.78, 5) is 15.5. The molecule has 0 aliphatic rings. The Labute approximate surface area is 126 Å². The van der Waals surface area contributed by atoms with Crippen LogP contribution >= 0.6 is 11.8 Å². The minimum absolute atomic E-state index is 0.0237. The predicted molar refractivity (Wildman–Crippen MR) is 79.7 cm³/mol. The van der Waals surface area contributed by atoms with Crippen molar-refractivity contribution in [1.29, 1.82) is 5.26 Å². The van der Waals surface area contributed by atoms with Gasteiger partial charge in [-0.2, -0.15) is 5.26 Å². The van der Waals surface area contributed by atoms with Crippen LogP contribution in [-0.2, 0) is 16.0 Å². The molecule has 0 unspecified atom stereocenters. The molecule has 0 amide bonds. The molecule has 0 saturated carbocycles. The van der Waals surface area contributed by atoms with E-state index >= 15 is 0 Å². The fraction of sp³-hybridized carbons (Fsp3) is 0.308. The molecule has 0 aromatic heterocycles. The number of hydrogen-bond donors (Lipinski definition) is 2. The first kappa shape index (κ1) is 16.7. The fourth-order valence-corrected chi connectivity index (χ4v) is 1.85. The number of methoxy groups -OCH3 is 2. The van der Waals surface area contributed by atoms with Gasteiger partial charge in [0.1, 0.15) is 5.69 Å². The van der Waals surface area contributed by atoms with Gasteiger partial charge in [0.25, 0.3) is 0 Å². The van der Waals surface area contributed by atoms with Crippen molar-refractivity contribution < 1.29 is 19.4 Å². The Morgan fingerprint density at radius 1 is 1.52 bits per heavy atom. The number of thioether (sulfide) groups is 1. The highest BCUT2D eigenvalue weighted by Gasteiger charge is 2.13. The number of phenolic OH excluding ortho intramolecular Hbond substituents is 1. The van der Waals surface area contributed by atoms with Crippen molar-refractivity contribution in [3.63, 3.8) is 0 Å². The van der Waals surface area contributed by atoms with Crippen molar-refractivity contribution in [3.8, 4) is 17.7 Å². The maximum Gasteiger partial charge on any atom is 0.309 e. The second-order valence-electron chi connectivity index (χ2n) is 3.78. The summed E-state index contributed by atoms with van der Waals surface area (Å²) in [6, 6.07) is 3.06. The van der Waals surface area contributed by atoms with Crippen LogP contribution in [0.3, 0.4) is 0 Å². The van der Waals surface area contributed by atoms with E-state index < -0.39 is 5.97 Å². The Hall–Kier alpha value is -2.40. The molecule has 112 valence electrons. The van der Waals surface area contributed by atoms with Crippen molar-refractivity contribution in [2.75, 3.05) is 20.5 Å². The molecular weight excluding hydrogens is 294 g/mol. The van der Waals surface area contributed by atoms with Crippen molar-refractivity contribution in [3.05, 3.63) is 17.7 Å². The zero-order valence-electron chi connectivity index (χ0n) is 11.8. The zero-order chi connectivity index (χ0) is 15.8. The summed E-state index contributed by atoms with van der Waals surface area (Å²) in [7, 11) is 2.69. The summed E-state index contributed by atoms with van der Waals surface area (Å²) in [5.74, 6) is -0.400. The highest BCUT2D eigenvalue weighted by molar-refractivity contribution is 8.13. The molecule has 21 heavy (non-hydrogen) atoms. The summed E-state index contributed by atoms with van der Waals surface area (Å²) in [6.45, 7) is 0. The van der Waals surface area contributed by atoms with E-state index in [9.17, 15) is 9.90 Å². The van der Waals surface area contributed by atoms with Gasteiger partial charge in [0.2, 0.25) is 0 Å². The van der Waals surface area contributed by atoms with Crippen LogP contribution in [0.5, 0.6) is 11.5 Å². The van der Waals surface area contributed by atoms with Crippen molar-refractivity contribution in [2.24, 2.45) is 4.99 Å². The predicted octanol–water partition coefficient (Wildman–Crippen LogP) is 1.54. The van der Waals surface area contributed by atoms with E-state index in [2.05, 4.69) is 15.0 Å². The summed E-state index contributed by atoms with van der Waals surface area (Å²) in [5.41, 5.74) is 0.771. The summed E-state index contributed by atoms with van der Waals surface area (Å²) < 4.78 is 9.65. The number of nitrogens with zero attached hydrogens (tertiary/aromatic N) is 2. The molecule has 8 heteroatoms. The summed E-state index contributed by atoms with van der Waals surface area (Å²) in [5, 5.41) is 21.4. The SMILES string of the molecule is COC(=O)Cc1cc(N=C(NC#N)SC)c(O)c(OC)c1. The second-order valence-corrected chi connectivity index (χ2v) is 4.57. The Morgan fingerprint density at radius 3 is 2.76 bits per heavy atom. The first-order valence-electron chi connectivity index (χ1n) is 5.80. The summed E-state index contributed by atoms with van der Waals surface area (Å²) in [6.07, 6.45) is 3.51. The second kappa shape index (κ2) is 8.01. The van der Waals surface area contributed by atoms with E-state index in [1.807, 2.05) is 0 Å². The van der Waals surface area contributed by atoms with Crippen LogP contribution < -0.4 is 10.1 Å². The lowest BCUT2D eigenvalue weighted by molar-refractivity contribution is -0.139. The monoisotopic (exact) mass is 309 g/mol. The van der Waals surface area contributed by atoms with E-state index in [1.54, 1.807) is 12.4 Å². The van der Waals surface area contributed by atoms with Gasteiger partial charge in [0.05, 0.1) is 20.6 Å². The standard InChI is InChI=1S/C13H15N3O4S/c1-19-10-5-8(6-11(17)20-2)4-9(12(10)18)16-13(21-3)15-7-14/h4-5,18H,6H2,1-3H3,(H,15,16). The van der Waals surface area contributed by atoms with E-state index in [0.717, 1.165) is 0 Å². The number of carbonyl (C=O) groups is 1. The van der Waals surface area contributed by atoms with Gasteiger partial charge >= 0.3 is 5.97 Å². The number of esters is 1. The van der Waals surface area contributed by atoms with Crippen molar-refractivity contribution in [2.45, 2.75) is 6.42 Å². The first-order chi connectivity index (χ1) is 10.0.